The maximum atomic E-state index is 13.5. The number of nitrogens with one attached hydrogen (secondary N) is 3. The molecule has 0 saturated carbocycles. The number of amides is 1. The summed E-state index contributed by atoms with van der Waals surface area (Å²) in [6.07, 6.45) is 0.551. The third-order valence-corrected chi connectivity index (χ3v) is 2.74. The maximum absolute atomic E-state index is 13.5. The third kappa shape index (κ3) is 7.29. The first-order chi connectivity index (χ1) is 10.1. The van der Waals surface area contributed by atoms with Gasteiger partial charge in [0.1, 0.15) is 5.82 Å². The van der Waals surface area contributed by atoms with Gasteiger partial charge in [0.05, 0.1) is 0 Å². The number of guanidine groups is 1. The first kappa shape index (κ1) is 16.9. The zero-order valence-electron chi connectivity index (χ0n) is 12.6. The van der Waals surface area contributed by atoms with Gasteiger partial charge in [-0.05, 0) is 25.0 Å². The predicted molar refractivity (Wildman–Crippen MR) is 82.8 cm³/mol. The van der Waals surface area contributed by atoms with Crippen LogP contribution >= 0.6 is 0 Å². The van der Waals surface area contributed by atoms with Gasteiger partial charge in [-0.2, -0.15) is 0 Å². The smallest absolute Gasteiger partial charge is 0.216 e. The minimum Gasteiger partial charge on any atom is -0.357 e. The Morgan fingerprint density at radius 1 is 1.19 bits per heavy atom. The lowest BCUT2D eigenvalue weighted by Crippen LogP contribution is -2.41. The molecule has 1 aromatic carbocycles. The molecule has 0 unspecified atom stereocenters. The van der Waals surface area contributed by atoms with E-state index in [-0.39, 0.29) is 11.7 Å². The molecule has 0 aliphatic rings. The van der Waals surface area contributed by atoms with Gasteiger partial charge in [0.2, 0.25) is 5.91 Å². The summed E-state index contributed by atoms with van der Waals surface area (Å²) < 4.78 is 13.5. The summed E-state index contributed by atoms with van der Waals surface area (Å²) in [5.41, 5.74) is 0.662. The molecule has 5 nitrogen and oxygen atoms in total. The molecule has 0 aliphatic carbocycles. The highest BCUT2D eigenvalue weighted by atomic mass is 19.1. The van der Waals surface area contributed by atoms with E-state index in [0.29, 0.717) is 37.6 Å². The largest absolute Gasteiger partial charge is 0.357 e. The summed E-state index contributed by atoms with van der Waals surface area (Å²) in [4.78, 5) is 15.1. The van der Waals surface area contributed by atoms with Crippen LogP contribution in [0.1, 0.15) is 19.4 Å². The second-order valence-corrected chi connectivity index (χ2v) is 4.51. The second kappa shape index (κ2) is 9.74. The molecular formula is C15H23FN4O. The quantitative estimate of drug-likeness (QED) is 0.400. The van der Waals surface area contributed by atoms with Crippen LogP contribution in [0, 0.1) is 5.82 Å². The van der Waals surface area contributed by atoms with E-state index in [1.165, 1.54) is 13.0 Å². The predicted octanol–water partition coefficient (Wildman–Crippen LogP) is 1.06. The first-order valence-electron chi connectivity index (χ1n) is 7.13. The number of carbonyl (C=O) groups is 1. The van der Waals surface area contributed by atoms with Crippen molar-refractivity contribution in [3.05, 3.63) is 35.6 Å². The van der Waals surface area contributed by atoms with E-state index in [2.05, 4.69) is 20.9 Å². The van der Waals surface area contributed by atoms with Crippen molar-refractivity contribution in [3.8, 4) is 0 Å². The molecule has 3 N–H and O–H groups in total. The minimum atomic E-state index is -0.198. The molecule has 0 spiro atoms. The van der Waals surface area contributed by atoms with Crippen molar-refractivity contribution in [2.75, 3.05) is 26.2 Å². The van der Waals surface area contributed by atoms with Gasteiger partial charge in [0, 0.05) is 33.1 Å². The van der Waals surface area contributed by atoms with Crippen LogP contribution in [0.15, 0.2) is 29.3 Å². The Balaban J connectivity index is 2.40. The Morgan fingerprint density at radius 2 is 1.90 bits per heavy atom. The Morgan fingerprint density at radius 3 is 2.57 bits per heavy atom. The average Bonchev–Trinajstić information content (AvgIpc) is 2.45. The van der Waals surface area contributed by atoms with E-state index >= 15 is 0 Å². The van der Waals surface area contributed by atoms with Gasteiger partial charge < -0.3 is 16.0 Å². The maximum Gasteiger partial charge on any atom is 0.216 e. The zero-order valence-corrected chi connectivity index (χ0v) is 12.6. The molecule has 1 rings (SSSR count). The van der Waals surface area contributed by atoms with Gasteiger partial charge in [-0.3, -0.25) is 9.79 Å². The highest BCUT2D eigenvalue weighted by Gasteiger charge is 2.01. The van der Waals surface area contributed by atoms with Gasteiger partial charge >= 0.3 is 0 Å². The number of benzene rings is 1. The number of aliphatic imine (C=N–C) groups is 1. The second-order valence-electron chi connectivity index (χ2n) is 4.51. The molecule has 0 saturated heterocycles. The summed E-state index contributed by atoms with van der Waals surface area (Å²) in [5, 5.41) is 8.91. The molecule has 6 heteroatoms. The van der Waals surface area contributed by atoms with Crippen molar-refractivity contribution in [1.29, 1.82) is 0 Å². The summed E-state index contributed by atoms with van der Waals surface area (Å²) in [5.74, 6) is 0.411. The number of hydrogen-bond donors (Lipinski definition) is 3. The molecule has 0 radical (unpaired) electrons. The van der Waals surface area contributed by atoms with E-state index in [9.17, 15) is 9.18 Å². The molecule has 1 amide bonds. The fraction of sp³-hybridized carbons (Fsp3) is 0.467. The van der Waals surface area contributed by atoms with Crippen LogP contribution in [0.4, 0.5) is 4.39 Å². The monoisotopic (exact) mass is 294 g/mol. The van der Waals surface area contributed by atoms with Crippen molar-refractivity contribution in [1.82, 2.24) is 16.0 Å². The first-order valence-corrected chi connectivity index (χ1v) is 7.13. The van der Waals surface area contributed by atoms with E-state index < -0.39 is 0 Å². The summed E-state index contributed by atoms with van der Waals surface area (Å²) in [6, 6.07) is 6.71. The van der Waals surface area contributed by atoms with Crippen LogP contribution in [-0.4, -0.2) is 38.0 Å². The van der Waals surface area contributed by atoms with Crippen molar-refractivity contribution in [2.45, 2.75) is 20.3 Å². The third-order valence-electron chi connectivity index (χ3n) is 2.74. The molecule has 0 fully saturated rings. The van der Waals surface area contributed by atoms with Crippen LogP contribution in [0.5, 0.6) is 0 Å². The molecule has 0 aliphatic heterocycles. The van der Waals surface area contributed by atoms with Crippen molar-refractivity contribution >= 4 is 11.9 Å². The molecule has 21 heavy (non-hydrogen) atoms. The fourth-order valence-corrected chi connectivity index (χ4v) is 1.75. The van der Waals surface area contributed by atoms with Gasteiger partial charge in [0.25, 0.3) is 0 Å². The number of rotatable bonds is 7. The summed E-state index contributed by atoms with van der Waals surface area (Å²) in [6.45, 7) is 5.82. The van der Waals surface area contributed by atoms with Crippen LogP contribution in [0.2, 0.25) is 0 Å². The minimum absolute atomic E-state index is 0.0571. The molecule has 1 aromatic rings. The Hall–Kier alpha value is -2.11. The van der Waals surface area contributed by atoms with Gasteiger partial charge in [0.15, 0.2) is 5.96 Å². The van der Waals surface area contributed by atoms with Crippen LogP contribution in [0.3, 0.4) is 0 Å². The zero-order chi connectivity index (χ0) is 15.5. The normalized spacial score (nSPS) is 11.1. The summed E-state index contributed by atoms with van der Waals surface area (Å²) >= 11 is 0. The fourth-order valence-electron chi connectivity index (χ4n) is 1.75. The lowest BCUT2D eigenvalue weighted by Gasteiger charge is -2.11. The van der Waals surface area contributed by atoms with Crippen molar-refractivity contribution in [2.24, 2.45) is 4.99 Å². The van der Waals surface area contributed by atoms with Crippen LogP contribution < -0.4 is 16.0 Å². The Kier molecular flexibility index (Phi) is 7.86. The molecule has 0 heterocycles. The highest BCUT2D eigenvalue weighted by Crippen LogP contribution is 2.06. The summed E-state index contributed by atoms with van der Waals surface area (Å²) in [7, 11) is 0. The average molecular weight is 294 g/mol. The van der Waals surface area contributed by atoms with Gasteiger partial charge in [-0.1, -0.05) is 18.2 Å². The number of halogens is 1. The standard InChI is InChI=1S/C15H23FN4O/c1-3-17-15(20-11-10-18-12(2)21)19-9-8-13-6-4-5-7-14(13)16/h4-7H,3,8-11H2,1-2H3,(H,18,21)(H2,17,19,20). The lowest BCUT2D eigenvalue weighted by molar-refractivity contribution is -0.118. The van der Waals surface area contributed by atoms with E-state index in [0.717, 1.165) is 6.54 Å². The molecule has 116 valence electrons. The lowest BCUT2D eigenvalue weighted by atomic mass is 10.1. The van der Waals surface area contributed by atoms with Crippen LogP contribution in [-0.2, 0) is 11.2 Å². The number of nitrogens with zero attached hydrogens (tertiary/aromatic N) is 1. The molecular weight excluding hydrogens is 271 g/mol. The molecule has 0 aromatic heterocycles. The van der Waals surface area contributed by atoms with Crippen LogP contribution in [0.25, 0.3) is 0 Å². The van der Waals surface area contributed by atoms with Crippen molar-refractivity contribution in [3.63, 3.8) is 0 Å². The van der Waals surface area contributed by atoms with E-state index in [1.54, 1.807) is 12.1 Å². The van der Waals surface area contributed by atoms with E-state index in [1.807, 2.05) is 13.0 Å². The highest BCUT2D eigenvalue weighted by molar-refractivity contribution is 5.79. The Labute approximate surface area is 125 Å². The Bertz CT molecular complexity index is 476. The topological polar surface area (TPSA) is 65.5 Å². The van der Waals surface area contributed by atoms with Gasteiger partial charge in [-0.25, -0.2) is 4.39 Å². The van der Waals surface area contributed by atoms with E-state index in [4.69, 9.17) is 0 Å². The van der Waals surface area contributed by atoms with Gasteiger partial charge in [-0.15, -0.1) is 0 Å². The SMILES string of the molecule is CCNC(=NCCc1ccccc1F)NCCNC(C)=O. The molecule has 0 atom stereocenters. The van der Waals surface area contributed by atoms with Crippen molar-refractivity contribution < 1.29 is 9.18 Å². The number of hydrogen-bond acceptors (Lipinski definition) is 2. The molecule has 0 bridgehead atoms. The number of carbonyl (C=O) groups excluding carboxylic acids is 1.